The molecule has 4 nitrogen and oxygen atoms in total. The van der Waals surface area contributed by atoms with Gasteiger partial charge in [-0.05, 0) is 58.7 Å². The van der Waals surface area contributed by atoms with E-state index in [0.717, 1.165) is 105 Å². The van der Waals surface area contributed by atoms with Crippen LogP contribution in [-0.4, -0.2) is 15.0 Å². The third-order valence-corrected chi connectivity index (χ3v) is 10.9. The zero-order valence-electron chi connectivity index (χ0n) is 30.8. The van der Waals surface area contributed by atoms with Crippen LogP contribution in [0.1, 0.15) is 0 Å². The lowest BCUT2D eigenvalue weighted by Gasteiger charge is -2.12. The van der Waals surface area contributed by atoms with E-state index in [-0.39, 0.29) is 0 Å². The quantitative estimate of drug-likeness (QED) is 0.160. The van der Waals surface area contributed by atoms with Gasteiger partial charge in [0, 0.05) is 43.6 Å². The number of hydrogen-bond acceptors (Lipinski definition) is 4. The van der Waals surface area contributed by atoms with Crippen LogP contribution in [0, 0.1) is 0 Å². The van der Waals surface area contributed by atoms with Crippen LogP contribution in [0.5, 0.6) is 0 Å². The number of fused-ring (bicyclic) bond motifs is 7. The van der Waals surface area contributed by atoms with Gasteiger partial charge in [-0.15, -0.1) is 0 Å². The van der Waals surface area contributed by atoms with Crippen molar-refractivity contribution < 1.29 is 4.42 Å². The number of hydrogen-bond donors (Lipinski definition) is 0. The third-order valence-electron chi connectivity index (χ3n) is 10.9. The summed E-state index contributed by atoms with van der Waals surface area (Å²) in [5.74, 6) is 0.600. The van der Waals surface area contributed by atoms with Crippen LogP contribution in [0.4, 0.5) is 0 Å². The van der Waals surface area contributed by atoms with Gasteiger partial charge in [0.15, 0.2) is 5.82 Å². The first-order chi connectivity index (χ1) is 28.2. The Morgan fingerprint density at radius 1 is 0.316 bits per heavy atom. The Morgan fingerprint density at radius 2 is 0.807 bits per heavy atom. The summed E-state index contributed by atoms with van der Waals surface area (Å²) < 4.78 is 7.09. The minimum Gasteiger partial charge on any atom is -0.455 e. The van der Waals surface area contributed by atoms with Gasteiger partial charge in [0.1, 0.15) is 11.2 Å². The van der Waals surface area contributed by atoms with Gasteiger partial charge in [0.05, 0.1) is 28.2 Å². The number of nitrogens with zero attached hydrogens (tertiary/aromatic N) is 3. The lowest BCUT2D eigenvalue weighted by molar-refractivity contribution is 0.673. The van der Waals surface area contributed by atoms with Crippen molar-refractivity contribution in [2.75, 3.05) is 0 Å². The van der Waals surface area contributed by atoms with Gasteiger partial charge in [-0.3, -0.25) is 0 Å². The van der Waals surface area contributed by atoms with Gasteiger partial charge in [0.25, 0.3) is 0 Å². The highest BCUT2D eigenvalue weighted by Gasteiger charge is 2.21. The standard InChI is InChI=1S/C53H33N3O/c1-4-15-34(16-5-1)37-21-12-23-39(31-37)47-33-48(40-24-13-22-38(32-40)35-17-6-2-7-18-35)56-53(55-47)45-27-14-26-41-42-29-30-44-49(52(42)57-51(41)45)43-25-10-11-28-46(43)54-50(44)36-19-8-3-9-20-36/h1-33H. The molecule has 0 aliphatic heterocycles. The van der Waals surface area contributed by atoms with E-state index in [9.17, 15) is 0 Å². The average molecular weight is 728 g/mol. The molecular formula is C53H33N3O. The monoisotopic (exact) mass is 727 g/mol. The predicted octanol–water partition coefficient (Wildman–Crippen LogP) is 14.1. The summed E-state index contributed by atoms with van der Waals surface area (Å²) in [5, 5.41) is 5.20. The molecule has 0 saturated carbocycles. The van der Waals surface area contributed by atoms with E-state index < -0.39 is 0 Å². The predicted molar refractivity (Wildman–Crippen MR) is 235 cm³/mol. The molecule has 3 heterocycles. The first kappa shape index (κ1) is 32.7. The van der Waals surface area contributed by atoms with Gasteiger partial charge < -0.3 is 4.42 Å². The summed E-state index contributed by atoms with van der Waals surface area (Å²) >= 11 is 0. The van der Waals surface area contributed by atoms with Crippen molar-refractivity contribution in [3.05, 3.63) is 200 Å². The molecular weight excluding hydrogens is 695 g/mol. The SMILES string of the molecule is c1ccc(-c2cccc(-c3cc(-c4cccc(-c5ccccc5)c4)nc(-c4cccc5c4oc4c5ccc5c(-c6ccccc6)nc6ccccc6c54)n3)c2)cc1. The first-order valence-corrected chi connectivity index (χ1v) is 19.2. The number of aromatic nitrogens is 3. The Morgan fingerprint density at radius 3 is 1.46 bits per heavy atom. The molecule has 0 atom stereocenters. The number of para-hydroxylation sites is 2. The molecule has 4 heteroatoms. The summed E-state index contributed by atoms with van der Waals surface area (Å²) in [4.78, 5) is 15.8. The van der Waals surface area contributed by atoms with Crippen molar-refractivity contribution in [3.63, 3.8) is 0 Å². The van der Waals surface area contributed by atoms with Gasteiger partial charge >= 0.3 is 0 Å². The lowest BCUT2D eigenvalue weighted by atomic mass is 9.97. The molecule has 0 unspecified atom stereocenters. The van der Waals surface area contributed by atoms with E-state index in [1.54, 1.807) is 0 Å². The van der Waals surface area contributed by atoms with Crippen molar-refractivity contribution in [2.45, 2.75) is 0 Å². The van der Waals surface area contributed by atoms with Crippen molar-refractivity contribution in [3.8, 4) is 67.4 Å². The van der Waals surface area contributed by atoms with Crippen molar-refractivity contribution in [1.29, 1.82) is 0 Å². The number of rotatable bonds is 6. The van der Waals surface area contributed by atoms with Crippen LogP contribution >= 0.6 is 0 Å². The van der Waals surface area contributed by atoms with E-state index in [2.05, 4.69) is 176 Å². The summed E-state index contributed by atoms with van der Waals surface area (Å²) in [6.45, 7) is 0. The highest BCUT2D eigenvalue weighted by atomic mass is 16.3. The minimum atomic E-state index is 0.600. The number of furan rings is 1. The highest BCUT2D eigenvalue weighted by molar-refractivity contribution is 6.25. The van der Waals surface area contributed by atoms with Gasteiger partial charge in [-0.2, -0.15) is 0 Å². The Labute approximate surface area is 329 Å². The molecule has 0 fully saturated rings. The molecule has 0 spiro atoms. The van der Waals surface area contributed by atoms with Crippen molar-refractivity contribution >= 4 is 43.6 Å². The fourth-order valence-electron chi connectivity index (χ4n) is 8.12. The van der Waals surface area contributed by atoms with Gasteiger partial charge in [-0.25, -0.2) is 15.0 Å². The molecule has 0 radical (unpaired) electrons. The molecule has 11 aromatic rings. The second-order valence-electron chi connectivity index (χ2n) is 14.3. The van der Waals surface area contributed by atoms with Crippen molar-refractivity contribution in [2.24, 2.45) is 0 Å². The summed E-state index contributed by atoms with van der Waals surface area (Å²) in [6, 6.07) is 69.6. The molecule has 57 heavy (non-hydrogen) atoms. The van der Waals surface area contributed by atoms with Crippen LogP contribution in [0.2, 0.25) is 0 Å². The molecule has 0 bridgehead atoms. The zero-order chi connectivity index (χ0) is 37.7. The molecule has 0 N–H and O–H groups in total. The molecule has 0 amide bonds. The van der Waals surface area contributed by atoms with Crippen LogP contribution in [-0.2, 0) is 0 Å². The van der Waals surface area contributed by atoms with Crippen LogP contribution in [0.15, 0.2) is 205 Å². The Balaban J connectivity index is 1.15. The fraction of sp³-hybridized carbons (Fsp3) is 0. The average Bonchev–Trinajstić information content (AvgIpc) is 3.69. The van der Waals surface area contributed by atoms with Crippen molar-refractivity contribution in [1.82, 2.24) is 15.0 Å². The molecule has 0 aliphatic rings. The third kappa shape index (κ3) is 5.74. The normalized spacial score (nSPS) is 11.5. The smallest absolute Gasteiger partial charge is 0.164 e. The van der Waals surface area contributed by atoms with Crippen LogP contribution < -0.4 is 0 Å². The molecule has 266 valence electrons. The largest absolute Gasteiger partial charge is 0.455 e. The Bertz CT molecular complexity index is 3180. The van der Waals surface area contributed by atoms with Crippen LogP contribution in [0.25, 0.3) is 111 Å². The van der Waals surface area contributed by atoms with E-state index in [4.69, 9.17) is 19.4 Å². The number of benzene rings is 8. The molecule has 0 saturated heterocycles. The molecule has 0 aliphatic carbocycles. The van der Waals surface area contributed by atoms with Gasteiger partial charge in [0.2, 0.25) is 0 Å². The molecule has 8 aromatic carbocycles. The van der Waals surface area contributed by atoms with E-state index >= 15 is 0 Å². The maximum Gasteiger partial charge on any atom is 0.164 e. The second-order valence-corrected chi connectivity index (χ2v) is 14.3. The van der Waals surface area contributed by atoms with Crippen LogP contribution in [0.3, 0.4) is 0 Å². The minimum absolute atomic E-state index is 0.600. The number of pyridine rings is 1. The van der Waals surface area contributed by atoms with Gasteiger partial charge in [-0.1, -0.05) is 164 Å². The molecule has 3 aromatic heterocycles. The Kier molecular flexibility index (Phi) is 7.78. The zero-order valence-corrected chi connectivity index (χ0v) is 30.8. The fourth-order valence-corrected chi connectivity index (χ4v) is 8.12. The maximum absolute atomic E-state index is 7.09. The highest BCUT2D eigenvalue weighted by Crippen LogP contribution is 2.43. The van der Waals surface area contributed by atoms with E-state index in [1.807, 2.05) is 24.3 Å². The topological polar surface area (TPSA) is 51.8 Å². The summed E-state index contributed by atoms with van der Waals surface area (Å²) in [6.07, 6.45) is 0. The summed E-state index contributed by atoms with van der Waals surface area (Å²) in [7, 11) is 0. The first-order valence-electron chi connectivity index (χ1n) is 19.2. The lowest BCUT2D eigenvalue weighted by Crippen LogP contribution is -1.96. The molecule has 11 rings (SSSR count). The summed E-state index contributed by atoms with van der Waals surface area (Å²) in [5.41, 5.74) is 13.6. The van der Waals surface area contributed by atoms with E-state index in [1.165, 1.54) is 0 Å². The second kappa shape index (κ2) is 13.6. The Hall–Kier alpha value is -7.69. The van der Waals surface area contributed by atoms with E-state index in [0.29, 0.717) is 5.82 Å². The maximum atomic E-state index is 7.09.